The van der Waals surface area contributed by atoms with Crippen LogP contribution in [0.2, 0.25) is 5.02 Å². The van der Waals surface area contributed by atoms with Crippen LogP contribution in [0.5, 0.6) is 0 Å². The summed E-state index contributed by atoms with van der Waals surface area (Å²) in [4.78, 5) is 21.4. The number of benzene rings is 1. The number of rotatable bonds is 4. The van der Waals surface area contributed by atoms with Crippen molar-refractivity contribution in [3.8, 4) is 11.5 Å². The topological polar surface area (TPSA) is 89.6 Å². The number of aromatic nitrogens is 5. The maximum Gasteiger partial charge on any atom is 0.417 e. The van der Waals surface area contributed by atoms with E-state index in [1.165, 1.54) is 0 Å². The quantitative estimate of drug-likeness (QED) is 0.470. The number of fused-ring (bicyclic) bond motifs is 1. The van der Waals surface area contributed by atoms with Gasteiger partial charge in [-0.25, -0.2) is 15.0 Å². The number of anilines is 1. The third-order valence-corrected chi connectivity index (χ3v) is 4.54. The lowest BCUT2D eigenvalue weighted by molar-refractivity contribution is -0.137. The third kappa shape index (κ3) is 3.90. The van der Waals surface area contributed by atoms with Crippen LogP contribution in [0.4, 0.5) is 19.2 Å². The smallest absolute Gasteiger partial charge is 0.417 e. The first-order valence-corrected chi connectivity index (χ1v) is 9.15. The maximum absolute atomic E-state index is 13.1. The van der Waals surface area contributed by atoms with Crippen molar-refractivity contribution in [3.63, 3.8) is 0 Å². The molecule has 3 aromatic heterocycles. The second-order valence-electron chi connectivity index (χ2n) is 6.50. The summed E-state index contributed by atoms with van der Waals surface area (Å²) in [5.74, 6) is 0.396. The van der Waals surface area contributed by atoms with Crippen molar-refractivity contribution in [1.29, 1.82) is 0 Å². The van der Waals surface area contributed by atoms with E-state index >= 15 is 0 Å². The molecule has 1 atom stereocenters. The van der Waals surface area contributed by atoms with Crippen molar-refractivity contribution in [3.05, 3.63) is 58.8 Å². The average Bonchev–Trinajstić information content (AvgIpc) is 3.08. The Morgan fingerprint density at radius 2 is 1.83 bits per heavy atom. The van der Waals surface area contributed by atoms with Gasteiger partial charge in [0.1, 0.15) is 11.2 Å². The lowest BCUT2D eigenvalue weighted by atomic mass is 10.1. The van der Waals surface area contributed by atoms with Crippen molar-refractivity contribution < 1.29 is 17.6 Å². The third-order valence-electron chi connectivity index (χ3n) is 4.23. The first kappa shape index (κ1) is 20.0. The lowest BCUT2D eigenvalue weighted by Crippen LogP contribution is -2.12. The molecule has 0 saturated heterocycles. The van der Waals surface area contributed by atoms with Crippen LogP contribution < -0.4 is 5.32 Å². The highest BCUT2D eigenvalue weighted by Crippen LogP contribution is 2.38. The molecule has 11 heteroatoms. The summed E-state index contributed by atoms with van der Waals surface area (Å²) in [6, 6.07) is 3.20. The summed E-state index contributed by atoms with van der Waals surface area (Å²) in [5, 5.41) is 2.54. The van der Waals surface area contributed by atoms with Crippen LogP contribution in [0.1, 0.15) is 29.9 Å². The fourth-order valence-corrected chi connectivity index (χ4v) is 3.13. The number of nitrogens with one attached hydrogen (secondary N) is 1. The standard InChI is InChI=1S/C19H14ClF3N6O/c1-9-8-26-16(17-24-4-3-5-25-17)15(27-9)10(2)28-18-29-13-6-11(19(21,22)23)12(20)7-14(13)30-18/h3-8,10H,1-2H3,(H,28,29). The van der Waals surface area contributed by atoms with Crippen LogP contribution in [-0.4, -0.2) is 24.9 Å². The Morgan fingerprint density at radius 3 is 2.53 bits per heavy atom. The molecule has 1 aromatic carbocycles. The van der Waals surface area contributed by atoms with Crippen molar-refractivity contribution in [2.24, 2.45) is 0 Å². The Labute approximate surface area is 173 Å². The summed E-state index contributed by atoms with van der Waals surface area (Å²) >= 11 is 5.74. The van der Waals surface area contributed by atoms with Crippen LogP contribution in [0.3, 0.4) is 0 Å². The lowest BCUT2D eigenvalue weighted by Gasteiger charge is -2.15. The molecule has 0 aliphatic heterocycles. The van der Waals surface area contributed by atoms with Crippen LogP contribution >= 0.6 is 11.6 Å². The van der Waals surface area contributed by atoms with E-state index in [9.17, 15) is 13.2 Å². The predicted octanol–water partition coefficient (Wildman–Crippen LogP) is 5.23. The fourth-order valence-electron chi connectivity index (χ4n) is 2.87. The number of alkyl halides is 3. The minimum Gasteiger partial charge on any atom is -0.423 e. The van der Waals surface area contributed by atoms with Gasteiger partial charge in [0, 0.05) is 24.7 Å². The van der Waals surface area contributed by atoms with Gasteiger partial charge in [0.05, 0.1) is 28.0 Å². The highest BCUT2D eigenvalue weighted by Gasteiger charge is 2.34. The second-order valence-corrected chi connectivity index (χ2v) is 6.91. The minimum absolute atomic E-state index is 0.0242. The van der Waals surface area contributed by atoms with Gasteiger partial charge in [-0.2, -0.15) is 18.2 Å². The van der Waals surface area contributed by atoms with Gasteiger partial charge < -0.3 is 9.73 Å². The summed E-state index contributed by atoms with van der Waals surface area (Å²) < 4.78 is 44.7. The van der Waals surface area contributed by atoms with Crippen LogP contribution in [0.25, 0.3) is 22.6 Å². The highest BCUT2D eigenvalue weighted by molar-refractivity contribution is 6.32. The molecule has 3 heterocycles. The zero-order valence-electron chi connectivity index (χ0n) is 15.7. The zero-order chi connectivity index (χ0) is 21.5. The molecule has 1 unspecified atom stereocenters. The number of aryl methyl sites for hydroxylation is 1. The molecule has 0 spiro atoms. The molecule has 4 aromatic rings. The summed E-state index contributed by atoms with van der Waals surface area (Å²) in [6.45, 7) is 3.58. The van der Waals surface area contributed by atoms with E-state index in [2.05, 4.69) is 30.2 Å². The number of hydrogen-bond acceptors (Lipinski definition) is 7. The van der Waals surface area contributed by atoms with E-state index < -0.39 is 22.8 Å². The molecule has 154 valence electrons. The van der Waals surface area contributed by atoms with Gasteiger partial charge in [0.2, 0.25) is 0 Å². The van der Waals surface area contributed by atoms with Gasteiger partial charge in [0.15, 0.2) is 11.4 Å². The van der Waals surface area contributed by atoms with Crippen molar-refractivity contribution in [2.45, 2.75) is 26.1 Å². The maximum atomic E-state index is 13.1. The summed E-state index contributed by atoms with van der Waals surface area (Å²) in [6.07, 6.45) is 0.192. The van der Waals surface area contributed by atoms with E-state index in [0.717, 1.165) is 12.1 Å². The highest BCUT2D eigenvalue weighted by atomic mass is 35.5. The summed E-state index contributed by atoms with van der Waals surface area (Å²) in [5.41, 5.74) is 0.875. The molecule has 4 rings (SSSR count). The zero-order valence-corrected chi connectivity index (χ0v) is 16.5. The molecular formula is C19H14ClF3N6O. The Hall–Kier alpha value is -3.27. The number of halogens is 4. The average molecular weight is 435 g/mol. The molecule has 0 radical (unpaired) electrons. The van der Waals surface area contributed by atoms with Gasteiger partial charge in [-0.15, -0.1) is 0 Å². The first-order valence-electron chi connectivity index (χ1n) is 8.77. The largest absolute Gasteiger partial charge is 0.423 e. The first-order chi connectivity index (χ1) is 14.2. The van der Waals surface area contributed by atoms with Crippen LogP contribution in [0, 0.1) is 6.92 Å². The van der Waals surface area contributed by atoms with Gasteiger partial charge >= 0.3 is 6.18 Å². The van der Waals surface area contributed by atoms with Crippen molar-refractivity contribution in [1.82, 2.24) is 24.9 Å². The molecule has 0 aliphatic rings. The number of nitrogens with zero attached hydrogens (tertiary/aromatic N) is 5. The Bertz CT molecular complexity index is 1210. The molecule has 0 saturated carbocycles. The molecule has 0 amide bonds. The molecule has 1 N–H and O–H groups in total. The minimum atomic E-state index is -4.59. The fraction of sp³-hybridized carbons (Fsp3) is 0.211. The predicted molar refractivity (Wildman–Crippen MR) is 104 cm³/mol. The monoisotopic (exact) mass is 434 g/mol. The summed E-state index contributed by atoms with van der Waals surface area (Å²) in [7, 11) is 0. The van der Waals surface area contributed by atoms with Crippen LogP contribution in [0.15, 0.2) is 41.2 Å². The van der Waals surface area contributed by atoms with Gasteiger partial charge in [0.25, 0.3) is 6.01 Å². The van der Waals surface area contributed by atoms with E-state index in [0.29, 0.717) is 22.9 Å². The molecule has 0 aliphatic carbocycles. The molecule has 0 bridgehead atoms. The Balaban J connectivity index is 1.69. The SMILES string of the molecule is Cc1cnc(-c2ncccn2)c(C(C)Nc2nc3cc(C(F)(F)F)c(Cl)cc3o2)n1. The van der Waals surface area contributed by atoms with E-state index in [-0.39, 0.29) is 17.1 Å². The molecule has 30 heavy (non-hydrogen) atoms. The normalized spacial score (nSPS) is 12.9. The van der Waals surface area contributed by atoms with Crippen molar-refractivity contribution in [2.75, 3.05) is 5.32 Å². The van der Waals surface area contributed by atoms with E-state index in [1.54, 1.807) is 38.5 Å². The van der Waals surface area contributed by atoms with E-state index in [4.69, 9.17) is 16.0 Å². The van der Waals surface area contributed by atoms with Crippen molar-refractivity contribution >= 4 is 28.7 Å². The van der Waals surface area contributed by atoms with E-state index in [1.807, 2.05) is 0 Å². The molecule has 0 fully saturated rings. The molecule has 7 nitrogen and oxygen atoms in total. The number of oxazole rings is 1. The van der Waals surface area contributed by atoms with Crippen LogP contribution in [-0.2, 0) is 6.18 Å². The Kier molecular flexibility index (Phi) is 5.02. The Morgan fingerprint density at radius 1 is 1.10 bits per heavy atom. The molecular weight excluding hydrogens is 421 g/mol. The number of hydrogen-bond donors (Lipinski definition) is 1. The van der Waals surface area contributed by atoms with Gasteiger partial charge in [-0.1, -0.05) is 11.6 Å². The van der Waals surface area contributed by atoms with Gasteiger partial charge in [-0.3, -0.25) is 4.98 Å². The second kappa shape index (κ2) is 7.52. The van der Waals surface area contributed by atoms with Gasteiger partial charge in [-0.05, 0) is 26.0 Å².